The second-order valence-corrected chi connectivity index (χ2v) is 4.58. The molecule has 0 heterocycles. The molecule has 1 rings (SSSR count). The lowest BCUT2D eigenvalue weighted by molar-refractivity contribution is -0.130. The fourth-order valence-electron chi connectivity index (χ4n) is 1.69. The molecule has 3 amide bonds. The Bertz CT molecular complexity index is 488. The lowest BCUT2D eigenvalue weighted by atomic mass is 10.0. The fraction of sp³-hybridized carbons (Fsp3) is 0.357. The van der Waals surface area contributed by atoms with Gasteiger partial charge in [-0.2, -0.15) is 0 Å². The Labute approximate surface area is 117 Å². The number of benzene rings is 1. The van der Waals surface area contributed by atoms with Gasteiger partial charge in [-0.15, -0.1) is 0 Å². The van der Waals surface area contributed by atoms with E-state index in [0.717, 1.165) is 5.56 Å². The molecule has 0 aliphatic heterocycles. The number of hydrogen-bond acceptors (Lipinski definition) is 3. The van der Waals surface area contributed by atoms with E-state index in [1.54, 1.807) is 0 Å². The van der Waals surface area contributed by atoms with Gasteiger partial charge in [0.15, 0.2) is 0 Å². The summed E-state index contributed by atoms with van der Waals surface area (Å²) in [5, 5.41) is 5.05. The molecule has 0 fully saturated rings. The number of rotatable bonds is 6. The maximum Gasteiger partial charge on any atom is 0.243 e. The van der Waals surface area contributed by atoms with Gasteiger partial charge in [0.2, 0.25) is 17.7 Å². The van der Waals surface area contributed by atoms with E-state index in [0.29, 0.717) is 6.42 Å². The van der Waals surface area contributed by atoms with Crippen LogP contribution in [0.3, 0.4) is 0 Å². The number of carbonyl (C=O) groups is 3. The molecule has 6 heteroatoms. The number of carbonyl (C=O) groups excluding carboxylic acids is 3. The lowest BCUT2D eigenvalue weighted by Gasteiger charge is -2.19. The van der Waals surface area contributed by atoms with Gasteiger partial charge in [0.1, 0.15) is 12.1 Å². The molecule has 6 nitrogen and oxygen atoms in total. The summed E-state index contributed by atoms with van der Waals surface area (Å²) in [6, 6.07) is 7.77. The van der Waals surface area contributed by atoms with Gasteiger partial charge in [0, 0.05) is 13.3 Å². The summed E-state index contributed by atoms with van der Waals surface area (Å²) < 4.78 is 0. The van der Waals surface area contributed by atoms with Crippen molar-refractivity contribution in [1.82, 2.24) is 10.6 Å². The first kappa shape index (κ1) is 15.7. The highest BCUT2D eigenvalue weighted by molar-refractivity contribution is 5.91. The number of amides is 3. The summed E-state index contributed by atoms with van der Waals surface area (Å²) in [7, 11) is 0. The minimum Gasteiger partial charge on any atom is -0.368 e. The predicted molar refractivity (Wildman–Crippen MR) is 74.5 cm³/mol. The first-order valence-electron chi connectivity index (χ1n) is 6.31. The summed E-state index contributed by atoms with van der Waals surface area (Å²) in [4.78, 5) is 34.2. The van der Waals surface area contributed by atoms with Crippen LogP contribution >= 0.6 is 0 Å². The third-order valence-corrected chi connectivity index (χ3v) is 2.76. The molecule has 0 aromatic heterocycles. The standard InChI is InChI=1S/C14H19N3O3/c1-9(13(15)19)16-14(20)12(17-10(2)18)8-11-6-4-3-5-7-11/h3-7,9,12H,8H2,1-2H3,(H2,15,19)(H,16,20)(H,17,18)/t9-,12-/m1/s1. The van der Waals surface area contributed by atoms with Crippen molar-refractivity contribution >= 4 is 17.7 Å². The molecule has 1 aromatic carbocycles. The van der Waals surface area contributed by atoms with E-state index in [1.807, 2.05) is 30.3 Å². The number of nitrogens with two attached hydrogens (primary N) is 1. The van der Waals surface area contributed by atoms with Crippen LogP contribution in [0.1, 0.15) is 19.4 Å². The van der Waals surface area contributed by atoms with E-state index in [1.165, 1.54) is 13.8 Å². The molecule has 0 unspecified atom stereocenters. The van der Waals surface area contributed by atoms with Crippen LogP contribution < -0.4 is 16.4 Å². The molecule has 2 atom stereocenters. The van der Waals surface area contributed by atoms with Crippen LogP contribution in [0, 0.1) is 0 Å². The van der Waals surface area contributed by atoms with E-state index in [-0.39, 0.29) is 5.91 Å². The van der Waals surface area contributed by atoms with E-state index in [9.17, 15) is 14.4 Å². The van der Waals surface area contributed by atoms with Gasteiger partial charge in [-0.1, -0.05) is 30.3 Å². The van der Waals surface area contributed by atoms with Gasteiger partial charge in [-0.3, -0.25) is 14.4 Å². The zero-order valence-corrected chi connectivity index (χ0v) is 11.6. The third-order valence-electron chi connectivity index (χ3n) is 2.76. The van der Waals surface area contributed by atoms with E-state index >= 15 is 0 Å². The maximum absolute atomic E-state index is 12.1. The van der Waals surface area contributed by atoms with Crippen LogP contribution in [-0.2, 0) is 20.8 Å². The Kier molecular flexibility index (Phi) is 5.71. The van der Waals surface area contributed by atoms with Crippen LogP contribution in [0.2, 0.25) is 0 Å². The van der Waals surface area contributed by atoms with Gasteiger partial charge in [-0.05, 0) is 12.5 Å². The summed E-state index contributed by atoms with van der Waals surface area (Å²) in [6.07, 6.45) is 0.345. The molecule has 0 saturated carbocycles. The molecular weight excluding hydrogens is 258 g/mol. The number of primary amides is 1. The van der Waals surface area contributed by atoms with Crippen LogP contribution in [0.15, 0.2) is 30.3 Å². The normalized spacial score (nSPS) is 13.1. The monoisotopic (exact) mass is 277 g/mol. The van der Waals surface area contributed by atoms with Crippen molar-refractivity contribution in [1.29, 1.82) is 0 Å². The molecule has 0 spiro atoms. The van der Waals surface area contributed by atoms with Crippen LogP contribution in [0.4, 0.5) is 0 Å². The van der Waals surface area contributed by atoms with Crippen molar-refractivity contribution in [2.45, 2.75) is 32.4 Å². The summed E-state index contributed by atoms with van der Waals surface area (Å²) in [5.74, 6) is -1.37. The van der Waals surface area contributed by atoms with Crippen molar-refractivity contribution in [2.24, 2.45) is 5.73 Å². The van der Waals surface area contributed by atoms with E-state index in [2.05, 4.69) is 10.6 Å². The predicted octanol–water partition coefficient (Wildman–Crippen LogP) is -0.276. The van der Waals surface area contributed by atoms with Crippen LogP contribution in [0.25, 0.3) is 0 Å². The quantitative estimate of drug-likeness (QED) is 0.666. The molecule has 1 aromatic rings. The van der Waals surface area contributed by atoms with Crippen molar-refractivity contribution in [3.8, 4) is 0 Å². The molecule has 0 aliphatic carbocycles. The first-order valence-corrected chi connectivity index (χ1v) is 6.31. The minimum atomic E-state index is -0.783. The van der Waals surface area contributed by atoms with Crippen molar-refractivity contribution in [2.75, 3.05) is 0 Å². The van der Waals surface area contributed by atoms with Gasteiger partial charge in [0.05, 0.1) is 0 Å². The van der Waals surface area contributed by atoms with E-state index in [4.69, 9.17) is 5.73 Å². The summed E-state index contributed by atoms with van der Waals surface area (Å²) >= 11 is 0. The SMILES string of the molecule is CC(=O)N[C@H](Cc1ccccc1)C(=O)N[C@H](C)C(N)=O. The second-order valence-electron chi connectivity index (χ2n) is 4.58. The lowest BCUT2D eigenvalue weighted by Crippen LogP contribution is -2.52. The molecule has 0 aliphatic rings. The highest BCUT2D eigenvalue weighted by Gasteiger charge is 2.22. The minimum absolute atomic E-state index is 0.312. The Morgan fingerprint density at radius 1 is 1.15 bits per heavy atom. The summed E-state index contributed by atoms with van der Waals surface area (Å²) in [6.45, 7) is 2.83. The Morgan fingerprint density at radius 2 is 1.75 bits per heavy atom. The van der Waals surface area contributed by atoms with Gasteiger partial charge < -0.3 is 16.4 Å². The summed E-state index contributed by atoms with van der Waals surface area (Å²) in [5.41, 5.74) is 6.01. The largest absolute Gasteiger partial charge is 0.368 e. The van der Waals surface area contributed by atoms with Crippen molar-refractivity contribution in [3.63, 3.8) is 0 Å². The Hall–Kier alpha value is -2.37. The van der Waals surface area contributed by atoms with Crippen LogP contribution in [0.5, 0.6) is 0 Å². The third kappa shape index (κ3) is 5.09. The first-order chi connectivity index (χ1) is 9.40. The Morgan fingerprint density at radius 3 is 2.25 bits per heavy atom. The number of hydrogen-bond donors (Lipinski definition) is 3. The fourth-order valence-corrected chi connectivity index (χ4v) is 1.69. The maximum atomic E-state index is 12.1. The Balaban J connectivity index is 2.75. The topological polar surface area (TPSA) is 101 Å². The molecule has 4 N–H and O–H groups in total. The molecule has 108 valence electrons. The average Bonchev–Trinajstić information content (AvgIpc) is 2.38. The number of nitrogens with one attached hydrogen (secondary N) is 2. The van der Waals surface area contributed by atoms with Crippen molar-refractivity contribution < 1.29 is 14.4 Å². The van der Waals surface area contributed by atoms with Crippen LogP contribution in [-0.4, -0.2) is 29.8 Å². The highest BCUT2D eigenvalue weighted by atomic mass is 16.2. The zero-order chi connectivity index (χ0) is 15.1. The molecule has 0 radical (unpaired) electrons. The van der Waals surface area contributed by atoms with E-state index < -0.39 is 23.9 Å². The van der Waals surface area contributed by atoms with Crippen molar-refractivity contribution in [3.05, 3.63) is 35.9 Å². The smallest absolute Gasteiger partial charge is 0.243 e. The second kappa shape index (κ2) is 7.28. The molecule has 20 heavy (non-hydrogen) atoms. The highest BCUT2D eigenvalue weighted by Crippen LogP contribution is 2.04. The molecular formula is C14H19N3O3. The van der Waals surface area contributed by atoms with Gasteiger partial charge in [0.25, 0.3) is 0 Å². The average molecular weight is 277 g/mol. The van der Waals surface area contributed by atoms with Gasteiger partial charge in [-0.25, -0.2) is 0 Å². The zero-order valence-electron chi connectivity index (χ0n) is 11.6. The van der Waals surface area contributed by atoms with Gasteiger partial charge >= 0.3 is 0 Å². The molecule has 0 bridgehead atoms. The molecule has 0 saturated heterocycles.